The van der Waals surface area contributed by atoms with Crippen molar-refractivity contribution < 1.29 is 27.5 Å². The monoisotopic (exact) mass is 481 g/mol. The summed E-state index contributed by atoms with van der Waals surface area (Å²) >= 11 is 5.96. The number of carbonyl (C=O) groups is 2. The van der Waals surface area contributed by atoms with Crippen LogP contribution in [0.5, 0.6) is 0 Å². The molecule has 1 amide bonds. The van der Waals surface area contributed by atoms with Crippen molar-refractivity contribution in [1.29, 1.82) is 0 Å². The van der Waals surface area contributed by atoms with Gasteiger partial charge in [0.05, 0.1) is 11.1 Å². The summed E-state index contributed by atoms with van der Waals surface area (Å²) in [4.78, 5) is 26.6. The van der Waals surface area contributed by atoms with Gasteiger partial charge < -0.3 is 20.4 Å². The highest BCUT2D eigenvalue weighted by Crippen LogP contribution is 2.26. The third kappa shape index (κ3) is 6.06. The summed E-state index contributed by atoms with van der Waals surface area (Å²) in [5.41, 5.74) is 2.50. The number of alkyl halides is 3. The van der Waals surface area contributed by atoms with Crippen LogP contribution in [0.25, 0.3) is 10.9 Å². The molecule has 0 aliphatic rings. The van der Waals surface area contributed by atoms with Crippen LogP contribution in [-0.4, -0.2) is 42.7 Å². The Morgan fingerprint density at radius 3 is 2.58 bits per heavy atom. The van der Waals surface area contributed by atoms with Crippen LogP contribution in [0.2, 0.25) is 5.02 Å². The molecule has 0 bridgehead atoms. The van der Waals surface area contributed by atoms with E-state index in [0.29, 0.717) is 28.1 Å². The lowest BCUT2D eigenvalue weighted by Gasteiger charge is -2.22. The first-order valence-corrected chi connectivity index (χ1v) is 10.6. The largest absolute Gasteiger partial charge is 0.490 e. The fourth-order valence-corrected chi connectivity index (χ4v) is 3.74. The number of carbonyl (C=O) groups excluding carboxylic acids is 2. The van der Waals surface area contributed by atoms with Gasteiger partial charge in [-0.2, -0.15) is 13.2 Å². The van der Waals surface area contributed by atoms with E-state index in [2.05, 4.69) is 15.6 Å². The highest BCUT2D eigenvalue weighted by Gasteiger charge is 2.42. The SMILES string of the molecule is CNC(=O)c1cccc2c(C[C@@H](C)NC[C@H](OC(=O)C(F)(F)F)c3cccc(Cl)c3)c[nH]c12. The lowest BCUT2D eigenvalue weighted by Crippen LogP contribution is -2.35. The standard InChI is InChI=1S/C23H23ClF3N3O3/c1-13(9-15-11-30-20-17(15)7-4-8-18(20)21(31)28-2)29-12-19(33-22(32)23(25,26)27)14-5-3-6-16(24)10-14/h3-8,10-11,13,19,29-30H,9,12H2,1-2H3,(H,28,31)/t13-,19+/m1/s1. The van der Waals surface area contributed by atoms with E-state index in [-0.39, 0.29) is 18.5 Å². The number of H-pyrrole nitrogens is 1. The molecule has 3 N–H and O–H groups in total. The molecule has 1 heterocycles. The number of esters is 1. The Balaban J connectivity index is 1.73. The Bertz CT molecular complexity index is 1150. The molecule has 0 saturated carbocycles. The van der Waals surface area contributed by atoms with E-state index in [0.717, 1.165) is 10.9 Å². The number of benzene rings is 2. The number of fused-ring (bicyclic) bond motifs is 1. The second-order valence-electron chi connectivity index (χ2n) is 7.58. The van der Waals surface area contributed by atoms with E-state index in [9.17, 15) is 22.8 Å². The number of halogens is 4. The molecule has 0 unspecified atom stereocenters. The fraction of sp³-hybridized carbons (Fsp3) is 0.304. The lowest BCUT2D eigenvalue weighted by atomic mass is 10.0. The predicted molar refractivity (Wildman–Crippen MR) is 119 cm³/mol. The number of aromatic nitrogens is 1. The third-order valence-electron chi connectivity index (χ3n) is 5.15. The smallest absolute Gasteiger partial charge is 0.449 e. The first-order chi connectivity index (χ1) is 15.6. The Morgan fingerprint density at radius 2 is 1.91 bits per heavy atom. The van der Waals surface area contributed by atoms with Crippen molar-refractivity contribution in [2.75, 3.05) is 13.6 Å². The maximum absolute atomic E-state index is 12.8. The molecule has 0 radical (unpaired) electrons. The third-order valence-corrected chi connectivity index (χ3v) is 5.39. The summed E-state index contributed by atoms with van der Waals surface area (Å²) in [6, 6.07) is 11.4. The van der Waals surface area contributed by atoms with Gasteiger partial charge in [0.1, 0.15) is 6.10 Å². The van der Waals surface area contributed by atoms with Crippen LogP contribution in [0.3, 0.4) is 0 Å². The van der Waals surface area contributed by atoms with Crippen molar-refractivity contribution in [2.24, 2.45) is 0 Å². The number of aromatic amines is 1. The minimum atomic E-state index is -5.10. The molecule has 2 aromatic carbocycles. The summed E-state index contributed by atoms with van der Waals surface area (Å²) < 4.78 is 43.0. The number of rotatable bonds is 8. The zero-order valence-electron chi connectivity index (χ0n) is 17.9. The molecule has 6 nitrogen and oxygen atoms in total. The first-order valence-electron chi connectivity index (χ1n) is 10.2. The molecule has 0 saturated heterocycles. The Hall–Kier alpha value is -3.04. The van der Waals surface area contributed by atoms with Gasteiger partial charge in [-0.05, 0) is 42.7 Å². The molecule has 0 spiro atoms. The highest BCUT2D eigenvalue weighted by molar-refractivity contribution is 6.30. The summed E-state index contributed by atoms with van der Waals surface area (Å²) in [5, 5.41) is 6.92. The van der Waals surface area contributed by atoms with Gasteiger partial charge in [0, 0.05) is 36.2 Å². The zero-order chi connectivity index (χ0) is 24.2. The minimum absolute atomic E-state index is 0.0465. The normalized spacial score (nSPS) is 13.5. The van der Waals surface area contributed by atoms with E-state index in [1.807, 2.05) is 13.0 Å². The number of hydrogen-bond donors (Lipinski definition) is 3. The van der Waals surface area contributed by atoms with Crippen molar-refractivity contribution in [3.63, 3.8) is 0 Å². The molecule has 3 rings (SSSR count). The molecular formula is C23H23ClF3N3O3. The molecule has 0 aliphatic carbocycles. The average molecular weight is 482 g/mol. The van der Waals surface area contributed by atoms with E-state index in [4.69, 9.17) is 16.3 Å². The molecule has 2 atom stereocenters. The maximum Gasteiger partial charge on any atom is 0.490 e. The van der Waals surface area contributed by atoms with Crippen LogP contribution in [0.1, 0.15) is 34.5 Å². The van der Waals surface area contributed by atoms with Crippen molar-refractivity contribution in [3.8, 4) is 0 Å². The fourth-order valence-electron chi connectivity index (χ4n) is 3.55. The number of para-hydroxylation sites is 1. The van der Waals surface area contributed by atoms with Crippen LogP contribution in [0, 0.1) is 0 Å². The second kappa shape index (κ2) is 10.3. The Kier molecular flexibility index (Phi) is 7.65. The summed E-state index contributed by atoms with van der Waals surface area (Å²) in [6.07, 6.45) is -3.96. The molecular weight excluding hydrogens is 459 g/mol. The van der Waals surface area contributed by atoms with Gasteiger partial charge in [-0.15, -0.1) is 0 Å². The van der Waals surface area contributed by atoms with Gasteiger partial charge in [0.15, 0.2) is 0 Å². The first kappa shape index (κ1) is 24.6. The number of hydrogen-bond acceptors (Lipinski definition) is 4. The van der Waals surface area contributed by atoms with E-state index >= 15 is 0 Å². The van der Waals surface area contributed by atoms with Crippen LogP contribution >= 0.6 is 11.6 Å². The van der Waals surface area contributed by atoms with Crippen LogP contribution in [-0.2, 0) is 16.0 Å². The van der Waals surface area contributed by atoms with Crippen molar-refractivity contribution in [2.45, 2.75) is 31.7 Å². The zero-order valence-corrected chi connectivity index (χ0v) is 18.7. The van der Waals surface area contributed by atoms with Crippen molar-refractivity contribution in [1.82, 2.24) is 15.6 Å². The van der Waals surface area contributed by atoms with Gasteiger partial charge >= 0.3 is 12.1 Å². The number of nitrogens with one attached hydrogen (secondary N) is 3. The molecule has 0 aliphatic heterocycles. The molecule has 3 aromatic rings. The van der Waals surface area contributed by atoms with Gasteiger partial charge in [0.25, 0.3) is 5.91 Å². The van der Waals surface area contributed by atoms with Gasteiger partial charge in [-0.1, -0.05) is 35.9 Å². The van der Waals surface area contributed by atoms with E-state index in [1.54, 1.807) is 43.6 Å². The minimum Gasteiger partial charge on any atom is -0.449 e. The molecule has 0 fully saturated rings. The number of amides is 1. The Labute approximate surface area is 193 Å². The second-order valence-corrected chi connectivity index (χ2v) is 8.02. The molecule has 10 heteroatoms. The molecule has 176 valence electrons. The topological polar surface area (TPSA) is 83.2 Å². The predicted octanol–water partition coefficient (Wildman–Crippen LogP) is 4.55. The van der Waals surface area contributed by atoms with E-state index in [1.165, 1.54) is 6.07 Å². The van der Waals surface area contributed by atoms with Gasteiger partial charge in [0.2, 0.25) is 0 Å². The van der Waals surface area contributed by atoms with Crippen LogP contribution in [0.15, 0.2) is 48.7 Å². The van der Waals surface area contributed by atoms with Crippen molar-refractivity contribution >= 4 is 34.4 Å². The summed E-state index contributed by atoms with van der Waals surface area (Å²) in [6.45, 7) is 1.82. The molecule has 33 heavy (non-hydrogen) atoms. The summed E-state index contributed by atoms with van der Waals surface area (Å²) in [5.74, 6) is -2.48. The van der Waals surface area contributed by atoms with Crippen LogP contribution < -0.4 is 10.6 Å². The number of ether oxygens (including phenoxy) is 1. The average Bonchev–Trinajstić information content (AvgIpc) is 3.18. The lowest BCUT2D eigenvalue weighted by molar-refractivity contribution is -0.205. The quantitative estimate of drug-likeness (QED) is 0.412. The van der Waals surface area contributed by atoms with Gasteiger partial charge in [-0.25, -0.2) is 4.79 Å². The Morgan fingerprint density at radius 1 is 1.18 bits per heavy atom. The van der Waals surface area contributed by atoms with E-state index < -0.39 is 18.2 Å². The highest BCUT2D eigenvalue weighted by atomic mass is 35.5. The van der Waals surface area contributed by atoms with Crippen molar-refractivity contribution in [3.05, 3.63) is 70.4 Å². The van der Waals surface area contributed by atoms with Gasteiger partial charge in [-0.3, -0.25) is 4.79 Å². The van der Waals surface area contributed by atoms with Crippen LogP contribution in [0.4, 0.5) is 13.2 Å². The summed E-state index contributed by atoms with van der Waals surface area (Å²) in [7, 11) is 1.55. The maximum atomic E-state index is 12.8. The molecule has 1 aromatic heterocycles.